The number of nitrogens with zero attached hydrogens (tertiary/aromatic N) is 2. The molecule has 0 aliphatic carbocycles. The van der Waals surface area contributed by atoms with Gasteiger partial charge in [0.15, 0.2) is 0 Å². The lowest BCUT2D eigenvalue weighted by Crippen LogP contribution is -2.13. The number of aromatic amines is 1. The minimum absolute atomic E-state index is 0.126. The highest BCUT2D eigenvalue weighted by Gasteiger charge is 2.09. The number of amides is 1. The Balaban J connectivity index is 1.45. The Morgan fingerprint density at radius 1 is 0.966 bits per heavy atom. The molecule has 5 nitrogen and oxygen atoms in total. The second-order valence-electron chi connectivity index (χ2n) is 7.30. The molecule has 0 saturated carbocycles. The van der Waals surface area contributed by atoms with Crippen molar-refractivity contribution in [1.82, 2.24) is 9.97 Å². The number of rotatable bonds is 6. The first-order valence-electron chi connectivity index (χ1n) is 9.70. The second-order valence-corrected chi connectivity index (χ2v) is 7.30. The molecule has 29 heavy (non-hydrogen) atoms. The van der Waals surface area contributed by atoms with Crippen LogP contribution >= 0.6 is 0 Å². The van der Waals surface area contributed by atoms with Gasteiger partial charge in [-0.2, -0.15) is 0 Å². The Bertz CT molecular complexity index is 1110. The van der Waals surface area contributed by atoms with E-state index in [9.17, 15) is 4.79 Å². The van der Waals surface area contributed by atoms with Crippen molar-refractivity contribution in [3.05, 3.63) is 89.7 Å². The molecule has 146 valence electrons. The van der Waals surface area contributed by atoms with Crippen LogP contribution in [0.4, 0.5) is 11.4 Å². The van der Waals surface area contributed by atoms with Crippen molar-refractivity contribution < 1.29 is 4.79 Å². The maximum atomic E-state index is 12.5. The third kappa shape index (κ3) is 4.46. The molecule has 0 bridgehead atoms. The number of hydrogen-bond acceptors (Lipinski definition) is 3. The second kappa shape index (κ2) is 8.19. The summed E-state index contributed by atoms with van der Waals surface area (Å²) in [5.74, 6) is 0.824. The first-order chi connectivity index (χ1) is 14.1. The number of aryl methyl sites for hydroxylation is 2. The van der Waals surface area contributed by atoms with Gasteiger partial charge in [-0.25, -0.2) is 4.98 Å². The zero-order chi connectivity index (χ0) is 20.2. The van der Waals surface area contributed by atoms with Crippen LogP contribution in [0, 0.1) is 0 Å². The molecule has 1 amide bonds. The molecule has 0 radical (unpaired) electrons. The number of imidazole rings is 1. The summed E-state index contributed by atoms with van der Waals surface area (Å²) in [4.78, 5) is 22.6. The Labute approximate surface area is 170 Å². The van der Waals surface area contributed by atoms with E-state index in [0.717, 1.165) is 41.1 Å². The van der Waals surface area contributed by atoms with E-state index in [1.54, 1.807) is 0 Å². The Hall–Kier alpha value is -3.60. The summed E-state index contributed by atoms with van der Waals surface area (Å²) < 4.78 is 0. The smallest absolute Gasteiger partial charge is 0.255 e. The summed E-state index contributed by atoms with van der Waals surface area (Å²) in [7, 11) is 3.95. The van der Waals surface area contributed by atoms with Crippen LogP contribution in [-0.2, 0) is 12.8 Å². The number of hydrogen-bond donors (Lipinski definition) is 2. The fourth-order valence-corrected chi connectivity index (χ4v) is 3.28. The molecule has 0 spiro atoms. The van der Waals surface area contributed by atoms with E-state index in [2.05, 4.69) is 39.6 Å². The molecular weight excluding hydrogens is 360 g/mol. The zero-order valence-corrected chi connectivity index (χ0v) is 16.6. The van der Waals surface area contributed by atoms with Crippen molar-refractivity contribution in [3.8, 4) is 0 Å². The van der Waals surface area contributed by atoms with E-state index in [-0.39, 0.29) is 5.91 Å². The van der Waals surface area contributed by atoms with Crippen LogP contribution in [0.2, 0.25) is 0 Å². The van der Waals surface area contributed by atoms with E-state index in [1.165, 1.54) is 5.56 Å². The maximum Gasteiger partial charge on any atom is 0.255 e. The lowest BCUT2D eigenvalue weighted by Gasteiger charge is -2.12. The van der Waals surface area contributed by atoms with E-state index in [1.807, 2.05) is 67.5 Å². The topological polar surface area (TPSA) is 61.0 Å². The largest absolute Gasteiger partial charge is 0.378 e. The summed E-state index contributed by atoms with van der Waals surface area (Å²) in [6.45, 7) is 0. The lowest BCUT2D eigenvalue weighted by molar-refractivity contribution is 0.102. The number of carbonyl (C=O) groups excluding carboxylic acids is 1. The number of fused-ring (bicyclic) bond motifs is 1. The third-order valence-corrected chi connectivity index (χ3v) is 4.93. The number of anilines is 2. The molecule has 0 aliphatic rings. The van der Waals surface area contributed by atoms with Crippen LogP contribution in [-0.4, -0.2) is 30.0 Å². The molecule has 4 aromatic rings. The molecule has 0 aliphatic heterocycles. The van der Waals surface area contributed by atoms with Crippen LogP contribution in [0.25, 0.3) is 11.0 Å². The molecular formula is C24H24N4O. The summed E-state index contributed by atoms with van der Waals surface area (Å²) >= 11 is 0. The molecule has 5 heteroatoms. The highest BCUT2D eigenvalue weighted by molar-refractivity contribution is 6.05. The summed E-state index contributed by atoms with van der Waals surface area (Å²) in [6.07, 6.45) is 1.78. The molecule has 4 rings (SSSR count). The first kappa shape index (κ1) is 18.7. The van der Waals surface area contributed by atoms with Gasteiger partial charge in [-0.05, 0) is 54.4 Å². The van der Waals surface area contributed by atoms with Crippen molar-refractivity contribution in [2.45, 2.75) is 12.8 Å². The van der Waals surface area contributed by atoms with E-state index < -0.39 is 0 Å². The first-order valence-corrected chi connectivity index (χ1v) is 9.70. The highest BCUT2D eigenvalue weighted by atomic mass is 16.1. The number of H-pyrrole nitrogens is 1. The molecule has 1 aromatic heterocycles. The van der Waals surface area contributed by atoms with Crippen molar-refractivity contribution in [2.24, 2.45) is 0 Å². The van der Waals surface area contributed by atoms with Crippen LogP contribution < -0.4 is 10.2 Å². The van der Waals surface area contributed by atoms with E-state index >= 15 is 0 Å². The highest BCUT2D eigenvalue weighted by Crippen LogP contribution is 2.19. The molecule has 2 N–H and O–H groups in total. The van der Waals surface area contributed by atoms with Crippen LogP contribution in [0.1, 0.15) is 21.7 Å². The molecule has 0 saturated heterocycles. The normalized spacial score (nSPS) is 10.8. The number of aromatic nitrogens is 2. The molecule has 1 heterocycles. The summed E-state index contributed by atoms with van der Waals surface area (Å²) in [5.41, 5.74) is 5.56. The van der Waals surface area contributed by atoms with Crippen molar-refractivity contribution in [2.75, 3.05) is 24.3 Å². The van der Waals surface area contributed by atoms with E-state index in [4.69, 9.17) is 0 Å². The van der Waals surface area contributed by atoms with Gasteiger partial charge in [0.1, 0.15) is 5.82 Å². The van der Waals surface area contributed by atoms with Crippen molar-refractivity contribution in [3.63, 3.8) is 0 Å². The van der Waals surface area contributed by atoms with Gasteiger partial charge in [0.25, 0.3) is 5.91 Å². The number of nitrogens with one attached hydrogen (secondary N) is 2. The zero-order valence-electron chi connectivity index (χ0n) is 16.6. The SMILES string of the molecule is CN(C)c1ccc(C(=O)Nc2ccc3nc(CCc4ccccc4)[nH]c3c2)cc1. The predicted molar refractivity (Wildman–Crippen MR) is 119 cm³/mol. The minimum atomic E-state index is -0.126. The quantitative estimate of drug-likeness (QED) is 0.508. The summed E-state index contributed by atoms with van der Waals surface area (Å²) in [6, 6.07) is 23.7. The van der Waals surface area contributed by atoms with Gasteiger partial charge in [-0.15, -0.1) is 0 Å². The Morgan fingerprint density at radius 2 is 1.72 bits per heavy atom. The summed E-state index contributed by atoms with van der Waals surface area (Å²) in [5, 5.41) is 2.97. The lowest BCUT2D eigenvalue weighted by atomic mass is 10.1. The van der Waals surface area contributed by atoms with Crippen molar-refractivity contribution in [1.29, 1.82) is 0 Å². The van der Waals surface area contributed by atoms with Gasteiger partial charge in [0, 0.05) is 37.5 Å². The van der Waals surface area contributed by atoms with Gasteiger partial charge in [-0.3, -0.25) is 4.79 Å². The predicted octanol–water partition coefficient (Wildman–Crippen LogP) is 4.67. The molecule has 0 fully saturated rings. The van der Waals surface area contributed by atoms with Gasteiger partial charge in [0.2, 0.25) is 0 Å². The Kier molecular flexibility index (Phi) is 5.29. The minimum Gasteiger partial charge on any atom is -0.378 e. The number of carbonyl (C=O) groups is 1. The van der Waals surface area contributed by atoms with Crippen LogP contribution in [0.15, 0.2) is 72.8 Å². The average molecular weight is 384 g/mol. The fourth-order valence-electron chi connectivity index (χ4n) is 3.28. The molecule has 3 aromatic carbocycles. The fraction of sp³-hybridized carbons (Fsp3) is 0.167. The van der Waals surface area contributed by atoms with Gasteiger partial charge >= 0.3 is 0 Å². The molecule has 0 unspecified atom stereocenters. The van der Waals surface area contributed by atoms with Gasteiger partial charge < -0.3 is 15.2 Å². The van der Waals surface area contributed by atoms with Crippen LogP contribution in [0.3, 0.4) is 0 Å². The van der Waals surface area contributed by atoms with Gasteiger partial charge in [0.05, 0.1) is 11.0 Å². The third-order valence-electron chi connectivity index (χ3n) is 4.93. The Morgan fingerprint density at radius 3 is 2.45 bits per heavy atom. The van der Waals surface area contributed by atoms with Crippen molar-refractivity contribution >= 4 is 28.3 Å². The number of benzene rings is 3. The van der Waals surface area contributed by atoms with E-state index in [0.29, 0.717) is 5.56 Å². The van der Waals surface area contributed by atoms with Gasteiger partial charge in [-0.1, -0.05) is 30.3 Å². The molecule has 0 atom stereocenters. The standard InChI is InChI=1S/C24H24N4O/c1-28(2)20-12-9-18(10-13-20)24(29)25-19-11-14-21-22(16-19)27-23(26-21)15-8-17-6-4-3-5-7-17/h3-7,9-14,16H,8,15H2,1-2H3,(H,25,29)(H,26,27). The maximum absolute atomic E-state index is 12.5. The van der Waals surface area contributed by atoms with Crippen LogP contribution in [0.5, 0.6) is 0 Å². The average Bonchev–Trinajstić information content (AvgIpc) is 3.15. The monoisotopic (exact) mass is 384 g/mol.